The number of methoxy groups -OCH3 is 2. The normalized spacial score (nSPS) is 10.6. The first-order valence-electron chi connectivity index (χ1n) is 6.77. The zero-order chi connectivity index (χ0) is 13.8. The second-order valence-corrected chi connectivity index (χ2v) is 4.38. The van der Waals surface area contributed by atoms with Crippen molar-refractivity contribution in [3.63, 3.8) is 0 Å². The Morgan fingerprint density at radius 2 is 1.89 bits per heavy atom. The fraction of sp³-hybridized carbons (Fsp3) is 0.600. The smallest absolute Gasteiger partial charge is 0.119 e. The number of benzene rings is 1. The molecule has 0 heterocycles. The van der Waals surface area contributed by atoms with Crippen LogP contribution in [-0.2, 0) is 16.1 Å². The molecule has 1 rings (SSSR count). The van der Waals surface area contributed by atoms with Crippen LogP contribution in [0.4, 0.5) is 0 Å². The number of hydrogen-bond donors (Lipinski definition) is 1. The third-order valence-electron chi connectivity index (χ3n) is 2.71. The summed E-state index contributed by atoms with van der Waals surface area (Å²) in [5, 5.41) is 3.31. The molecule has 0 saturated carbocycles. The summed E-state index contributed by atoms with van der Waals surface area (Å²) < 4.78 is 15.8. The molecule has 1 N–H and O–H groups in total. The lowest BCUT2D eigenvalue weighted by Crippen LogP contribution is -2.20. The predicted octanol–water partition coefficient (Wildman–Crippen LogP) is 2.23. The molecule has 108 valence electrons. The number of unbranched alkanes of at least 4 members (excludes halogenated alkanes) is 1. The number of nitrogens with one attached hydrogen (secondary N) is 1. The van der Waals surface area contributed by atoms with Crippen molar-refractivity contribution in [3.05, 3.63) is 29.8 Å². The molecule has 0 bridgehead atoms. The minimum absolute atomic E-state index is 0.626. The first-order valence-corrected chi connectivity index (χ1v) is 6.77. The molecule has 0 unspecified atom stereocenters. The van der Waals surface area contributed by atoms with Gasteiger partial charge >= 0.3 is 0 Å². The van der Waals surface area contributed by atoms with E-state index in [0.29, 0.717) is 6.61 Å². The summed E-state index contributed by atoms with van der Waals surface area (Å²) in [6.07, 6.45) is 2.16. The minimum Gasteiger partial charge on any atom is -0.494 e. The first-order chi connectivity index (χ1) is 9.36. The van der Waals surface area contributed by atoms with Gasteiger partial charge in [-0.15, -0.1) is 0 Å². The molecular weight excluding hydrogens is 242 g/mol. The van der Waals surface area contributed by atoms with E-state index in [1.165, 1.54) is 0 Å². The Morgan fingerprint density at radius 1 is 1.00 bits per heavy atom. The summed E-state index contributed by atoms with van der Waals surface area (Å²) >= 11 is 0. The van der Waals surface area contributed by atoms with Crippen molar-refractivity contribution in [2.75, 3.05) is 40.5 Å². The van der Waals surface area contributed by atoms with Gasteiger partial charge in [-0.2, -0.15) is 0 Å². The van der Waals surface area contributed by atoms with Gasteiger partial charge in [0.2, 0.25) is 0 Å². The summed E-state index contributed by atoms with van der Waals surface area (Å²) in [4.78, 5) is 0. The summed E-state index contributed by atoms with van der Waals surface area (Å²) in [5.74, 6) is 0.918. The Morgan fingerprint density at radius 3 is 2.68 bits per heavy atom. The Kier molecular flexibility index (Phi) is 9.06. The molecule has 4 nitrogen and oxygen atoms in total. The lowest BCUT2D eigenvalue weighted by atomic mass is 10.2. The Labute approximate surface area is 116 Å². The standard InChI is InChI=1S/C15H25NO3/c1-17-11-9-16-8-3-4-10-19-15-7-5-6-14(12-15)13-18-2/h5-7,12,16H,3-4,8-11,13H2,1-2H3. The van der Waals surface area contributed by atoms with Crippen LogP contribution in [0.3, 0.4) is 0 Å². The largest absolute Gasteiger partial charge is 0.494 e. The lowest BCUT2D eigenvalue weighted by molar-refractivity contribution is 0.184. The van der Waals surface area contributed by atoms with Crippen molar-refractivity contribution >= 4 is 0 Å². The molecular formula is C15H25NO3. The van der Waals surface area contributed by atoms with Gasteiger partial charge in [-0.25, -0.2) is 0 Å². The molecule has 0 radical (unpaired) electrons. The van der Waals surface area contributed by atoms with Crippen molar-refractivity contribution in [1.82, 2.24) is 5.32 Å². The van der Waals surface area contributed by atoms with Crippen LogP contribution < -0.4 is 10.1 Å². The fourth-order valence-electron chi connectivity index (χ4n) is 1.73. The molecule has 0 amide bonds. The third kappa shape index (κ3) is 7.82. The van der Waals surface area contributed by atoms with E-state index in [0.717, 1.165) is 50.5 Å². The monoisotopic (exact) mass is 267 g/mol. The maximum atomic E-state index is 5.71. The molecule has 0 saturated heterocycles. The Balaban J connectivity index is 2.07. The van der Waals surface area contributed by atoms with Crippen molar-refractivity contribution in [2.45, 2.75) is 19.4 Å². The van der Waals surface area contributed by atoms with Gasteiger partial charge in [-0.3, -0.25) is 0 Å². The summed E-state index contributed by atoms with van der Waals surface area (Å²) in [5.41, 5.74) is 1.14. The molecule has 0 fully saturated rings. The zero-order valence-corrected chi connectivity index (χ0v) is 12.0. The van der Waals surface area contributed by atoms with Crippen LogP contribution in [0.5, 0.6) is 5.75 Å². The molecule has 0 spiro atoms. The maximum absolute atomic E-state index is 5.71. The molecule has 19 heavy (non-hydrogen) atoms. The van der Waals surface area contributed by atoms with Crippen LogP contribution in [0.25, 0.3) is 0 Å². The van der Waals surface area contributed by atoms with Crippen molar-refractivity contribution in [1.29, 1.82) is 0 Å². The van der Waals surface area contributed by atoms with Crippen LogP contribution >= 0.6 is 0 Å². The van der Waals surface area contributed by atoms with Gasteiger partial charge in [0.15, 0.2) is 0 Å². The van der Waals surface area contributed by atoms with Crippen molar-refractivity contribution in [3.8, 4) is 5.75 Å². The van der Waals surface area contributed by atoms with Crippen LogP contribution in [-0.4, -0.2) is 40.5 Å². The van der Waals surface area contributed by atoms with Gasteiger partial charge in [0.05, 0.1) is 19.8 Å². The maximum Gasteiger partial charge on any atom is 0.119 e. The number of hydrogen-bond acceptors (Lipinski definition) is 4. The van der Waals surface area contributed by atoms with Gasteiger partial charge in [0.25, 0.3) is 0 Å². The Hall–Kier alpha value is -1.10. The van der Waals surface area contributed by atoms with Crippen LogP contribution in [0, 0.1) is 0 Å². The molecule has 0 aliphatic rings. The molecule has 1 aromatic carbocycles. The second kappa shape index (κ2) is 10.8. The van der Waals surface area contributed by atoms with Gasteiger partial charge in [0, 0.05) is 20.8 Å². The minimum atomic E-state index is 0.626. The van der Waals surface area contributed by atoms with Gasteiger partial charge < -0.3 is 19.5 Å². The van der Waals surface area contributed by atoms with E-state index < -0.39 is 0 Å². The first kappa shape index (κ1) is 16.0. The van der Waals surface area contributed by atoms with Crippen molar-refractivity contribution in [2.24, 2.45) is 0 Å². The Bertz CT molecular complexity index is 331. The molecule has 0 aliphatic carbocycles. The predicted molar refractivity (Wildman–Crippen MR) is 76.6 cm³/mol. The van der Waals surface area contributed by atoms with Crippen LogP contribution in [0.2, 0.25) is 0 Å². The highest BCUT2D eigenvalue weighted by Crippen LogP contribution is 2.14. The van der Waals surface area contributed by atoms with E-state index in [1.54, 1.807) is 14.2 Å². The second-order valence-electron chi connectivity index (χ2n) is 4.38. The third-order valence-corrected chi connectivity index (χ3v) is 2.71. The molecule has 4 heteroatoms. The summed E-state index contributed by atoms with van der Waals surface area (Å²) in [7, 11) is 3.41. The molecule has 0 atom stereocenters. The van der Waals surface area contributed by atoms with Gasteiger partial charge in [0.1, 0.15) is 5.75 Å². The zero-order valence-electron chi connectivity index (χ0n) is 12.0. The van der Waals surface area contributed by atoms with E-state index in [2.05, 4.69) is 5.32 Å². The summed E-state index contributed by atoms with van der Waals surface area (Å²) in [6, 6.07) is 8.04. The van der Waals surface area contributed by atoms with E-state index in [1.807, 2.05) is 24.3 Å². The quantitative estimate of drug-likeness (QED) is 0.624. The highest BCUT2D eigenvalue weighted by atomic mass is 16.5. The summed E-state index contributed by atoms with van der Waals surface area (Å²) in [6.45, 7) is 4.07. The van der Waals surface area contributed by atoms with Crippen LogP contribution in [0.1, 0.15) is 18.4 Å². The van der Waals surface area contributed by atoms with Crippen LogP contribution in [0.15, 0.2) is 24.3 Å². The van der Waals surface area contributed by atoms with E-state index in [-0.39, 0.29) is 0 Å². The average Bonchev–Trinajstić information content (AvgIpc) is 2.43. The van der Waals surface area contributed by atoms with Gasteiger partial charge in [-0.1, -0.05) is 12.1 Å². The van der Waals surface area contributed by atoms with Gasteiger partial charge in [-0.05, 0) is 37.1 Å². The average molecular weight is 267 g/mol. The fourth-order valence-corrected chi connectivity index (χ4v) is 1.73. The van der Waals surface area contributed by atoms with Crippen molar-refractivity contribution < 1.29 is 14.2 Å². The molecule has 0 aliphatic heterocycles. The lowest BCUT2D eigenvalue weighted by Gasteiger charge is -2.08. The topological polar surface area (TPSA) is 39.7 Å². The highest BCUT2D eigenvalue weighted by Gasteiger charge is 1.97. The molecule has 1 aromatic rings. The van der Waals surface area contributed by atoms with E-state index in [9.17, 15) is 0 Å². The van der Waals surface area contributed by atoms with E-state index in [4.69, 9.17) is 14.2 Å². The SMILES string of the molecule is COCCNCCCCOc1cccc(COC)c1. The highest BCUT2D eigenvalue weighted by molar-refractivity contribution is 5.28. The number of rotatable bonds is 11. The van der Waals surface area contributed by atoms with E-state index >= 15 is 0 Å². The molecule has 0 aromatic heterocycles. The number of ether oxygens (including phenoxy) is 3.